The Balaban J connectivity index is 1.36. The molecule has 12 nitrogen and oxygen atoms in total. The molecule has 42 heavy (non-hydrogen) atoms. The summed E-state index contributed by atoms with van der Waals surface area (Å²) in [7, 11) is -4.19. The molecule has 0 saturated heterocycles. The third-order valence-electron chi connectivity index (χ3n) is 7.33. The van der Waals surface area contributed by atoms with E-state index >= 15 is 0 Å². The normalized spacial score (nSPS) is 22.0. The molecule has 1 aliphatic carbocycles. The van der Waals surface area contributed by atoms with Crippen LogP contribution in [0.1, 0.15) is 55.7 Å². The Morgan fingerprint density at radius 3 is 2.81 bits per heavy atom. The van der Waals surface area contributed by atoms with E-state index in [1.165, 1.54) is 23.9 Å². The second-order valence-corrected chi connectivity index (χ2v) is 13.1. The van der Waals surface area contributed by atoms with Crippen LogP contribution in [0.5, 0.6) is 0 Å². The number of esters is 1. The number of fused-ring (bicyclic) bond motifs is 1. The number of rotatable bonds is 10. The zero-order valence-corrected chi connectivity index (χ0v) is 25.0. The Kier molecular flexibility index (Phi) is 9.23. The number of nitrogens with two attached hydrogens (primary N) is 2. The van der Waals surface area contributed by atoms with Crippen LogP contribution in [0.25, 0.3) is 0 Å². The molecule has 3 aromatic rings. The maximum atomic E-state index is 13.8. The lowest BCUT2D eigenvalue weighted by molar-refractivity contribution is -0.149. The quantitative estimate of drug-likeness (QED) is 0.220. The number of ether oxygens (including phenoxy) is 2. The summed E-state index contributed by atoms with van der Waals surface area (Å²) in [5.74, 6) is -1.07. The number of benzene rings is 1. The number of carbonyl (C=O) groups is 2. The van der Waals surface area contributed by atoms with Gasteiger partial charge in [-0.3, -0.25) is 13.8 Å². The van der Waals surface area contributed by atoms with E-state index in [9.17, 15) is 18.0 Å². The van der Waals surface area contributed by atoms with Gasteiger partial charge in [0.25, 0.3) is 0 Å². The molecule has 1 fully saturated rings. The largest absolute Gasteiger partial charge is 0.461 e. The van der Waals surface area contributed by atoms with E-state index in [2.05, 4.69) is 15.3 Å². The first-order valence-corrected chi connectivity index (χ1v) is 15.9. The second-order valence-electron chi connectivity index (χ2n) is 10.2. The second kappa shape index (κ2) is 12.7. The predicted octanol–water partition coefficient (Wildman–Crippen LogP) is 2.67. The predicted molar refractivity (Wildman–Crippen MR) is 156 cm³/mol. The van der Waals surface area contributed by atoms with Crippen molar-refractivity contribution < 1.29 is 31.7 Å². The fourth-order valence-electron chi connectivity index (χ4n) is 5.40. The Morgan fingerprint density at radius 2 is 2.05 bits per heavy atom. The van der Waals surface area contributed by atoms with E-state index in [4.69, 9.17) is 36.1 Å². The maximum absolute atomic E-state index is 13.8. The summed E-state index contributed by atoms with van der Waals surface area (Å²) >= 11 is 7.64. The van der Waals surface area contributed by atoms with Crippen LogP contribution >= 0.6 is 22.9 Å². The molecule has 5 N–H and O–H groups in total. The van der Waals surface area contributed by atoms with Crippen molar-refractivity contribution in [3.05, 3.63) is 73.8 Å². The lowest BCUT2D eigenvalue weighted by Crippen LogP contribution is -2.30. The summed E-state index contributed by atoms with van der Waals surface area (Å²) in [4.78, 5) is 35.5. The van der Waals surface area contributed by atoms with Crippen molar-refractivity contribution in [2.24, 2.45) is 16.8 Å². The molecule has 5 rings (SSSR count). The van der Waals surface area contributed by atoms with Gasteiger partial charge >= 0.3 is 16.3 Å². The van der Waals surface area contributed by atoms with E-state index in [0.29, 0.717) is 35.2 Å². The summed E-state index contributed by atoms with van der Waals surface area (Å²) in [6, 6.07) is 7.31. The molecule has 2 aliphatic rings. The molecule has 0 amide bonds. The summed E-state index contributed by atoms with van der Waals surface area (Å²) in [5.41, 5.74) is 8.71. The highest BCUT2D eigenvalue weighted by atomic mass is 35.5. The highest BCUT2D eigenvalue weighted by Gasteiger charge is 2.38. The zero-order valence-electron chi connectivity index (χ0n) is 22.6. The molecule has 224 valence electrons. The Bertz CT molecular complexity index is 1600. The number of aromatic nitrogens is 2. The van der Waals surface area contributed by atoms with Gasteiger partial charge in [0, 0.05) is 34.5 Å². The average Bonchev–Trinajstić information content (AvgIpc) is 3.53. The van der Waals surface area contributed by atoms with Gasteiger partial charge in [0.05, 0.1) is 30.2 Å². The monoisotopic (exact) mass is 635 g/mol. The lowest BCUT2D eigenvalue weighted by Gasteiger charge is -2.26. The van der Waals surface area contributed by atoms with Gasteiger partial charge < -0.3 is 20.5 Å². The van der Waals surface area contributed by atoms with Gasteiger partial charge in [-0.15, -0.1) is 11.3 Å². The van der Waals surface area contributed by atoms with Crippen molar-refractivity contribution in [1.29, 1.82) is 0 Å². The molecular formula is C27H30ClN5O7S2. The minimum Gasteiger partial charge on any atom is -0.461 e. The summed E-state index contributed by atoms with van der Waals surface area (Å²) in [6.45, 7) is 1.91. The van der Waals surface area contributed by atoms with Crippen molar-refractivity contribution in [2.75, 3.05) is 25.1 Å². The van der Waals surface area contributed by atoms with Gasteiger partial charge in [0.2, 0.25) is 5.78 Å². The van der Waals surface area contributed by atoms with Crippen molar-refractivity contribution >= 4 is 50.8 Å². The number of nitrogens with one attached hydrogen (secondary N) is 1. The molecule has 0 spiro atoms. The topological polar surface area (TPSA) is 186 Å². The minimum absolute atomic E-state index is 0.262. The van der Waals surface area contributed by atoms with Crippen LogP contribution in [0.4, 0.5) is 5.82 Å². The number of carbonyl (C=O) groups excluding carboxylic acids is 2. The number of aryl methyl sites for hydroxylation is 1. The van der Waals surface area contributed by atoms with Crippen molar-refractivity contribution in [2.45, 2.75) is 44.4 Å². The van der Waals surface area contributed by atoms with Crippen LogP contribution in [0.3, 0.4) is 0 Å². The van der Waals surface area contributed by atoms with Gasteiger partial charge in [-0.05, 0) is 54.7 Å². The zero-order chi connectivity index (χ0) is 30.0. The van der Waals surface area contributed by atoms with Gasteiger partial charge in [-0.25, -0.2) is 15.1 Å². The molecule has 1 aromatic carbocycles. The smallest absolute Gasteiger partial charge is 0.333 e. The lowest BCUT2D eigenvalue weighted by atomic mass is 9.93. The van der Waals surface area contributed by atoms with E-state index in [-0.39, 0.29) is 36.6 Å². The standard InChI is InChI=1S/C27H30ClN5O7S2/c1-14-19(26-20-7-17(28)3-2-15(20)4-5-38-26)9-23(41-14)25(35)21-11-31-13-32-27(21)33-18-6-16(12-39-42(30,36)37)22(8-18)40-24(34)10-29/h2-3,7,9,11,13,16,18,22,26H,4-6,8,10,12,29H2,1H3,(H2,30,36,37)(H,31,32,33)/t16-,18-,22+,26+/m1/s1. The van der Waals surface area contributed by atoms with Crippen LogP contribution in [0, 0.1) is 12.8 Å². The molecule has 4 atom stereocenters. The number of nitrogens with zero attached hydrogens (tertiary/aromatic N) is 2. The minimum atomic E-state index is -4.19. The van der Waals surface area contributed by atoms with Gasteiger partial charge in [0.15, 0.2) is 0 Å². The van der Waals surface area contributed by atoms with Gasteiger partial charge in [0.1, 0.15) is 24.4 Å². The Morgan fingerprint density at radius 1 is 1.24 bits per heavy atom. The van der Waals surface area contributed by atoms with Crippen LogP contribution in [-0.4, -0.2) is 62.0 Å². The molecule has 0 unspecified atom stereocenters. The molecule has 3 heterocycles. The number of hydrogen-bond acceptors (Lipinski definition) is 12. The van der Waals surface area contributed by atoms with E-state index < -0.39 is 28.3 Å². The van der Waals surface area contributed by atoms with Crippen LogP contribution < -0.4 is 16.2 Å². The SMILES string of the molecule is Cc1sc(C(=O)c2cncnc2N[C@@H]2C[C@H](COS(N)(=O)=O)[C@@H](OC(=O)CN)C2)cc1[C@@H]1OCCc2ccc(Cl)cc21. The number of halogens is 1. The number of ketones is 1. The summed E-state index contributed by atoms with van der Waals surface area (Å²) in [6.07, 6.45) is 3.22. The molecule has 1 aliphatic heterocycles. The fourth-order valence-corrected chi connectivity index (χ4v) is 6.95. The van der Waals surface area contributed by atoms with E-state index in [1.807, 2.05) is 31.2 Å². The third-order valence-corrected chi connectivity index (χ3v) is 9.10. The molecule has 15 heteroatoms. The van der Waals surface area contributed by atoms with E-state index in [1.54, 1.807) is 0 Å². The molecule has 0 radical (unpaired) electrons. The first-order chi connectivity index (χ1) is 20.0. The molecule has 0 bridgehead atoms. The molecular weight excluding hydrogens is 606 g/mol. The van der Waals surface area contributed by atoms with Crippen LogP contribution in [-0.2, 0) is 35.2 Å². The van der Waals surface area contributed by atoms with Crippen molar-refractivity contribution in [3.63, 3.8) is 0 Å². The highest BCUT2D eigenvalue weighted by Crippen LogP contribution is 2.39. The fraction of sp³-hybridized carbons (Fsp3) is 0.407. The van der Waals surface area contributed by atoms with E-state index in [0.717, 1.165) is 28.0 Å². The Labute approximate surface area is 252 Å². The number of hydrogen-bond donors (Lipinski definition) is 3. The van der Waals surface area contributed by atoms with Crippen LogP contribution in [0.2, 0.25) is 5.02 Å². The van der Waals surface area contributed by atoms with Crippen molar-refractivity contribution in [3.8, 4) is 0 Å². The summed E-state index contributed by atoms with van der Waals surface area (Å²) in [5, 5.41) is 8.85. The van der Waals surface area contributed by atoms with Gasteiger partial charge in [-0.2, -0.15) is 8.42 Å². The molecule has 1 saturated carbocycles. The number of anilines is 1. The van der Waals surface area contributed by atoms with Crippen LogP contribution in [0.15, 0.2) is 36.8 Å². The Hall–Kier alpha value is -2.98. The first kappa shape index (κ1) is 30.5. The van der Waals surface area contributed by atoms with Crippen molar-refractivity contribution in [1.82, 2.24) is 9.97 Å². The third kappa shape index (κ3) is 6.97. The summed E-state index contributed by atoms with van der Waals surface area (Å²) < 4.78 is 39.0. The average molecular weight is 636 g/mol. The number of thiophene rings is 1. The highest BCUT2D eigenvalue weighted by molar-refractivity contribution is 7.84. The maximum Gasteiger partial charge on any atom is 0.333 e. The van der Waals surface area contributed by atoms with Gasteiger partial charge in [-0.1, -0.05) is 17.7 Å². The molecule has 2 aromatic heterocycles. The first-order valence-electron chi connectivity index (χ1n) is 13.2.